The van der Waals surface area contributed by atoms with Crippen molar-refractivity contribution in [2.45, 2.75) is 25.8 Å². The summed E-state index contributed by atoms with van der Waals surface area (Å²) >= 11 is 5.93. The van der Waals surface area contributed by atoms with Crippen molar-refractivity contribution >= 4 is 17.5 Å². The van der Waals surface area contributed by atoms with Crippen LogP contribution in [-0.4, -0.2) is 40.6 Å². The Bertz CT molecular complexity index is 959. The van der Waals surface area contributed by atoms with E-state index in [0.717, 1.165) is 31.4 Å². The Morgan fingerprint density at radius 1 is 1.17 bits per heavy atom. The summed E-state index contributed by atoms with van der Waals surface area (Å²) < 4.78 is 5.43. The van der Waals surface area contributed by atoms with Crippen LogP contribution in [0.3, 0.4) is 0 Å². The van der Waals surface area contributed by atoms with Gasteiger partial charge >= 0.3 is 0 Å². The highest BCUT2D eigenvalue weighted by atomic mass is 35.5. The van der Waals surface area contributed by atoms with Crippen molar-refractivity contribution < 1.29 is 9.32 Å². The van der Waals surface area contributed by atoms with E-state index in [1.807, 2.05) is 30.3 Å². The smallest absolute Gasteiger partial charge is 0.241 e. The third kappa shape index (κ3) is 5.46. The molecule has 1 saturated heterocycles. The Morgan fingerprint density at radius 3 is 2.77 bits per heavy atom. The Hall–Kier alpha value is -2.70. The molecule has 2 aromatic carbocycles. The van der Waals surface area contributed by atoms with Crippen LogP contribution in [-0.2, 0) is 17.8 Å². The van der Waals surface area contributed by atoms with Gasteiger partial charge in [-0.15, -0.1) is 0 Å². The first-order valence-corrected chi connectivity index (χ1v) is 10.7. The second kappa shape index (κ2) is 9.87. The number of hydrogen-bond donors (Lipinski definition) is 1. The first-order valence-electron chi connectivity index (χ1n) is 10.3. The molecule has 1 atom stereocenters. The summed E-state index contributed by atoms with van der Waals surface area (Å²) in [7, 11) is 0. The first-order chi connectivity index (χ1) is 14.7. The highest BCUT2D eigenvalue weighted by Crippen LogP contribution is 2.21. The fraction of sp³-hybridized carbons (Fsp3) is 0.348. The standard InChI is InChI=1S/C23H25ClN4O2/c24-20-10-8-18(9-11-20)22-26-21(30-27-22)16-28-14-4-7-19(15-28)23(29)25-13-12-17-5-2-1-3-6-17/h1-3,5-6,8-11,19H,4,7,12-16H2,(H,25,29). The average Bonchev–Trinajstić information content (AvgIpc) is 3.23. The molecule has 6 nitrogen and oxygen atoms in total. The Labute approximate surface area is 181 Å². The summed E-state index contributed by atoms with van der Waals surface area (Å²) in [5.41, 5.74) is 2.10. The van der Waals surface area contributed by atoms with Crippen LogP contribution in [0.5, 0.6) is 0 Å². The molecule has 30 heavy (non-hydrogen) atoms. The van der Waals surface area contributed by atoms with Gasteiger partial charge in [-0.05, 0) is 55.6 Å². The molecule has 1 amide bonds. The van der Waals surface area contributed by atoms with E-state index in [0.29, 0.717) is 36.4 Å². The molecule has 1 N–H and O–H groups in total. The Kier molecular flexibility index (Phi) is 6.77. The van der Waals surface area contributed by atoms with E-state index in [4.69, 9.17) is 16.1 Å². The molecule has 7 heteroatoms. The van der Waals surface area contributed by atoms with Crippen LogP contribution in [0.1, 0.15) is 24.3 Å². The van der Waals surface area contributed by atoms with E-state index in [1.54, 1.807) is 12.1 Å². The predicted octanol–water partition coefficient (Wildman–Crippen LogP) is 3.96. The highest BCUT2D eigenvalue weighted by molar-refractivity contribution is 6.30. The lowest BCUT2D eigenvalue weighted by atomic mass is 9.97. The molecule has 4 rings (SSSR count). The molecule has 1 aromatic heterocycles. The first kappa shape index (κ1) is 20.6. The number of nitrogens with one attached hydrogen (secondary N) is 1. The van der Waals surface area contributed by atoms with Crippen LogP contribution in [0, 0.1) is 5.92 Å². The summed E-state index contributed by atoms with van der Waals surface area (Å²) in [5.74, 6) is 1.23. The molecule has 156 valence electrons. The zero-order valence-corrected chi connectivity index (χ0v) is 17.5. The molecule has 2 heterocycles. The molecule has 0 bridgehead atoms. The predicted molar refractivity (Wildman–Crippen MR) is 116 cm³/mol. The molecule has 1 aliphatic heterocycles. The fourth-order valence-corrected chi connectivity index (χ4v) is 3.88. The Balaban J connectivity index is 1.27. The number of piperidine rings is 1. The lowest BCUT2D eigenvalue weighted by Gasteiger charge is -2.30. The Morgan fingerprint density at radius 2 is 1.97 bits per heavy atom. The van der Waals surface area contributed by atoms with Gasteiger partial charge in [0.05, 0.1) is 12.5 Å². The summed E-state index contributed by atoms with van der Waals surface area (Å²) in [6.07, 6.45) is 2.74. The van der Waals surface area contributed by atoms with Crippen LogP contribution in [0.15, 0.2) is 59.1 Å². The van der Waals surface area contributed by atoms with Gasteiger partial charge in [-0.1, -0.05) is 47.1 Å². The van der Waals surface area contributed by atoms with E-state index in [2.05, 4.69) is 32.5 Å². The van der Waals surface area contributed by atoms with Gasteiger partial charge in [0.15, 0.2) is 0 Å². The lowest BCUT2D eigenvalue weighted by Crippen LogP contribution is -2.43. The highest BCUT2D eigenvalue weighted by Gasteiger charge is 2.26. The maximum Gasteiger partial charge on any atom is 0.241 e. The largest absolute Gasteiger partial charge is 0.355 e. The number of amides is 1. The number of hydrogen-bond acceptors (Lipinski definition) is 5. The van der Waals surface area contributed by atoms with Gasteiger partial charge in [-0.2, -0.15) is 4.98 Å². The molecular formula is C23H25ClN4O2. The number of rotatable bonds is 7. The quantitative estimate of drug-likeness (QED) is 0.621. The van der Waals surface area contributed by atoms with Crippen LogP contribution in [0.25, 0.3) is 11.4 Å². The van der Waals surface area contributed by atoms with Gasteiger partial charge in [0.2, 0.25) is 17.6 Å². The molecule has 1 aliphatic rings. The van der Waals surface area contributed by atoms with E-state index >= 15 is 0 Å². The third-order valence-electron chi connectivity index (χ3n) is 5.36. The minimum atomic E-state index is -0.00631. The zero-order valence-electron chi connectivity index (χ0n) is 16.8. The molecular weight excluding hydrogens is 400 g/mol. The monoisotopic (exact) mass is 424 g/mol. The van der Waals surface area contributed by atoms with Crippen molar-refractivity contribution in [1.82, 2.24) is 20.4 Å². The lowest BCUT2D eigenvalue weighted by molar-refractivity contribution is -0.126. The molecule has 1 fully saturated rings. The van der Waals surface area contributed by atoms with Crippen molar-refractivity contribution in [3.05, 3.63) is 71.1 Å². The molecule has 3 aromatic rings. The van der Waals surface area contributed by atoms with Crippen molar-refractivity contribution in [3.8, 4) is 11.4 Å². The number of carbonyl (C=O) groups excluding carboxylic acids is 1. The van der Waals surface area contributed by atoms with E-state index < -0.39 is 0 Å². The molecule has 0 aliphatic carbocycles. The van der Waals surface area contributed by atoms with Crippen molar-refractivity contribution in [3.63, 3.8) is 0 Å². The van der Waals surface area contributed by atoms with Crippen LogP contribution in [0.4, 0.5) is 0 Å². The number of likely N-dealkylation sites (tertiary alicyclic amines) is 1. The summed E-state index contributed by atoms with van der Waals surface area (Å²) in [6, 6.07) is 17.5. The zero-order chi connectivity index (χ0) is 20.8. The van der Waals surface area contributed by atoms with Gasteiger partial charge in [0.1, 0.15) is 0 Å². The van der Waals surface area contributed by atoms with E-state index in [1.165, 1.54) is 5.56 Å². The van der Waals surface area contributed by atoms with Crippen LogP contribution in [0.2, 0.25) is 5.02 Å². The SMILES string of the molecule is O=C(NCCc1ccccc1)C1CCCN(Cc2nc(-c3ccc(Cl)cc3)no2)C1. The normalized spacial score (nSPS) is 17.0. The van der Waals surface area contributed by atoms with Crippen LogP contribution < -0.4 is 5.32 Å². The van der Waals surface area contributed by atoms with Crippen LogP contribution >= 0.6 is 11.6 Å². The fourth-order valence-electron chi connectivity index (χ4n) is 3.76. The van der Waals surface area contributed by atoms with Gasteiger partial charge in [0, 0.05) is 23.7 Å². The summed E-state index contributed by atoms with van der Waals surface area (Å²) in [6.45, 7) is 2.84. The molecule has 0 radical (unpaired) electrons. The molecule has 0 saturated carbocycles. The number of carbonyl (C=O) groups is 1. The second-order valence-electron chi connectivity index (χ2n) is 7.62. The average molecular weight is 425 g/mol. The third-order valence-corrected chi connectivity index (χ3v) is 5.61. The van der Waals surface area contributed by atoms with Crippen molar-refractivity contribution in [2.75, 3.05) is 19.6 Å². The summed E-state index contributed by atoms with van der Waals surface area (Å²) in [4.78, 5) is 19.3. The minimum Gasteiger partial charge on any atom is -0.355 e. The second-order valence-corrected chi connectivity index (χ2v) is 8.06. The van der Waals surface area contributed by atoms with E-state index in [9.17, 15) is 4.79 Å². The van der Waals surface area contributed by atoms with Gasteiger partial charge in [-0.25, -0.2) is 0 Å². The minimum absolute atomic E-state index is 0.00631. The maximum atomic E-state index is 12.6. The molecule has 1 unspecified atom stereocenters. The van der Waals surface area contributed by atoms with Gasteiger partial charge < -0.3 is 9.84 Å². The van der Waals surface area contributed by atoms with Gasteiger partial charge in [-0.3, -0.25) is 9.69 Å². The number of aromatic nitrogens is 2. The van der Waals surface area contributed by atoms with E-state index in [-0.39, 0.29) is 11.8 Å². The summed E-state index contributed by atoms with van der Waals surface area (Å²) in [5, 5.41) is 7.83. The van der Waals surface area contributed by atoms with Gasteiger partial charge in [0.25, 0.3) is 0 Å². The number of benzene rings is 2. The van der Waals surface area contributed by atoms with Crippen molar-refractivity contribution in [1.29, 1.82) is 0 Å². The maximum absolute atomic E-state index is 12.6. The van der Waals surface area contributed by atoms with Crippen molar-refractivity contribution in [2.24, 2.45) is 5.92 Å². The number of halogens is 1. The molecule has 0 spiro atoms. The topological polar surface area (TPSA) is 71.3 Å². The number of nitrogens with zero attached hydrogens (tertiary/aromatic N) is 3.